The van der Waals surface area contributed by atoms with Crippen LogP contribution in [0.2, 0.25) is 0 Å². The third kappa shape index (κ3) is 4.55. The third-order valence-electron chi connectivity index (χ3n) is 6.79. The lowest BCUT2D eigenvalue weighted by Crippen LogP contribution is -2.41. The molecule has 2 aliphatic heterocycles. The summed E-state index contributed by atoms with van der Waals surface area (Å²) in [5, 5.41) is 7.54. The van der Waals surface area contributed by atoms with Crippen LogP contribution in [0.15, 0.2) is 79.3 Å². The predicted molar refractivity (Wildman–Crippen MR) is 138 cm³/mol. The summed E-state index contributed by atoms with van der Waals surface area (Å²) in [5.74, 6) is 1.71. The average Bonchev–Trinajstić information content (AvgIpc) is 3.63. The highest BCUT2D eigenvalue weighted by molar-refractivity contribution is 5.98. The molecule has 0 unspecified atom stereocenters. The van der Waals surface area contributed by atoms with E-state index in [9.17, 15) is 9.59 Å². The summed E-state index contributed by atoms with van der Waals surface area (Å²) in [6.45, 7) is 2.02. The van der Waals surface area contributed by atoms with Gasteiger partial charge in [0.05, 0.1) is 11.9 Å². The van der Waals surface area contributed by atoms with E-state index in [-0.39, 0.29) is 17.7 Å². The summed E-state index contributed by atoms with van der Waals surface area (Å²) in [7, 11) is 0. The number of rotatable bonds is 5. The molecule has 2 aromatic heterocycles. The summed E-state index contributed by atoms with van der Waals surface area (Å²) in [6.07, 6.45) is 6.62. The number of carbonyl (C=O) groups excluding carboxylic acids is 2. The van der Waals surface area contributed by atoms with Gasteiger partial charge in [-0.25, -0.2) is 4.68 Å². The molecule has 2 amide bonds. The number of nitrogens with zero attached hydrogens (tertiary/aromatic N) is 4. The van der Waals surface area contributed by atoms with E-state index in [2.05, 4.69) is 10.4 Å². The fraction of sp³-hybridized carbons (Fsp3) is 0.250. The Morgan fingerprint density at radius 3 is 2.38 bits per heavy atom. The zero-order chi connectivity index (χ0) is 25.2. The Morgan fingerprint density at radius 2 is 1.62 bits per heavy atom. The van der Waals surface area contributed by atoms with E-state index < -0.39 is 0 Å². The molecule has 0 spiro atoms. The number of likely N-dealkylation sites (tertiary alicyclic amines) is 1. The molecule has 9 heteroatoms. The summed E-state index contributed by atoms with van der Waals surface area (Å²) in [5.41, 5.74) is 2.08. The number of aromatic nitrogens is 3. The van der Waals surface area contributed by atoms with Gasteiger partial charge >= 0.3 is 0 Å². The van der Waals surface area contributed by atoms with Gasteiger partial charge in [-0.3, -0.25) is 9.59 Å². The lowest BCUT2D eigenvalue weighted by molar-refractivity contribution is -0.121. The number of para-hydroxylation sites is 1. The molecule has 1 fully saturated rings. The van der Waals surface area contributed by atoms with Crippen LogP contribution in [-0.2, 0) is 4.79 Å². The number of carbonyl (C=O) groups is 2. The van der Waals surface area contributed by atoms with Crippen LogP contribution in [0.5, 0.6) is 11.5 Å². The number of piperidine rings is 1. The van der Waals surface area contributed by atoms with Gasteiger partial charge in [0.15, 0.2) is 17.3 Å². The Balaban J connectivity index is 1.14. The van der Waals surface area contributed by atoms with Gasteiger partial charge in [-0.05, 0) is 49.2 Å². The molecule has 0 radical (unpaired) electrons. The normalized spacial score (nSPS) is 15.4. The van der Waals surface area contributed by atoms with Crippen LogP contribution in [0.3, 0.4) is 0 Å². The van der Waals surface area contributed by atoms with Gasteiger partial charge in [0, 0.05) is 43.2 Å². The molecular weight excluding hydrogens is 470 g/mol. The average molecular weight is 498 g/mol. The fourth-order valence-corrected chi connectivity index (χ4v) is 4.86. The molecule has 1 saturated heterocycles. The summed E-state index contributed by atoms with van der Waals surface area (Å²) < 4.78 is 14.8. The molecular formula is C28H27N5O4. The van der Waals surface area contributed by atoms with E-state index in [0.29, 0.717) is 67.7 Å². The van der Waals surface area contributed by atoms with Crippen LogP contribution >= 0.6 is 0 Å². The Kier molecular flexibility index (Phi) is 6.10. The lowest BCUT2D eigenvalue weighted by atomic mass is 9.95. The van der Waals surface area contributed by atoms with Crippen LogP contribution in [0.4, 0.5) is 5.69 Å². The van der Waals surface area contributed by atoms with Gasteiger partial charge in [0.2, 0.25) is 5.91 Å². The fourth-order valence-electron chi connectivity index (χ4n) is 4.86. The van der Waals surface area contributed by atoms with E-state index >= 15 is 0 Å². The minimum atomic E-state index is -0.173. The van der Waals surface area contributed by atoms with Crippen LogP contribution in [-0.4, -0.2) is 57.4 Å². The first-order valence-electron chi connectivity index (χ1n) is 12.4. The maximum atomic E-state index is 13.6. The minimum absolute atomic E-state index is 0.0475. The predicted octanol–water partition coefficient (Wildman–Crippen LogP) is 3.93. The number of benzene rings is 2. The van der Waals surface area contributed by atoms with E-state index in [1.54, 1.807) is 16.9 Å². The van der Waals surface area contributed by atoms with Crippen LogP contribution in [0.25, 0.3) is 11.5 Å². The van der Waals surface area contributed by atoms with Crippen molar-refractivity contribution in [2.75, 3.05) is 31.6 Å². The van der Waals surface area contributed by atoms with Crippen molar-refractivity contribution in [2.45, 2.75) is 12.8 Å². The first kappa shape index (κ1) is 22.9. The highest BCUT2D eigenvalue weighted by Crippen LogP contribution is 2.33. The smallest absolute Gasteiger partial charge is 0.259 e. The summed E-state index contributed by atoms with van der Waals surface area (Å²) in [6, 6.07) is 19.0. The maximum Gasteiger partial charge on any atom is 0.259 e. The van der Waals surface area contributed by atoms with E-state index in [0.717, 1.165) is 5.69 Å². The number of ether oxygens (including phenoxy) is 2. The Bertz CT molecular complexity index is 1410. The standard InChI is InChI=1S/C28H27N5O4/c34-26(30-21-8-9-24-25(18-21)37-17-16-36-24)20-10-14-32(15-11-20)28(35)23-19-29-33(22-6-2-1-3-7-22)27(23)31-12-4-5-13-31/h1-9,12-13,18-20H,10-11,14-17H2,(H,30,34). The third-order valence-corrected chi connectivity index (χ3v) is 6.79. The van der Waals surface area contributed by atoms with Gasteiger partial charge in [-0.1, -0.05) is 18.2 Å². The highest BCUT2D eigenvalue weighted by Gasteiger charge is 2.30. The van der Waals surface area contributed by atoms with Crippen molar-refractivity contribution >= 4 is 17.5 Å². The number of hydrogen-bond acceptors (Lipinski definition) is 5. The van der Waals surface area contributed by atoms with Gasteiger partial charge in [0.1, 0.15) is 18.8 Å². The van der Waals surface area contributed by atoms with Crippen LogP contribution in [0.1, 0.15) is 23.2 Å². The molecule has 0 bridgehead atoms. The number of hydrogen-bond donors (Lipinski definition) is 1. The molecule has 6 rings (SSSR count). The van der Waals surface area contributed by atoms with Crippen LogP contribution in [0, 0.1) is 5.92 Å². The van der Waals surface area contributed by atoms with Gasteiger partial charge in [0.25, 0.3) is 5.91 Å². The molecule has 37 heavy (non-hydrogen) atoms. The zero-order valence-electron chi connectivity index (χ0n) is 20.2. The van der Waals surface area contributed by atoms with Crippen molar-refractivity contribution in [3.05, 3.63) is 84.8 Å². The maximum absolute atomic E-state index is 13.6. The van der Waals surface area contributed by atoms with Gasteiger partial charge in [-0.2, -0.15) is 5.10 Å². The minimum Gasteiger partial charge on any atom is -0.486 e. The molecule has 4 heterocycles. The molecule has 9 nitrogen and oxygen atoms in total. The number of nitrogens with one attached hydrogen (secondary N) is 1. The molecule has 0 aliphatic carbocycles. The molecule has 188 valence electrons. The van der Waals surface area contributed by atoms with Crippen LogP contribution < -0.4 is 14.8 Å². The molecule has 2 aromatic carbocycles. The Labute approximate surface area is 214 Å². The number of fused-ring (bicyclic) bond motifs is 1. The van der Waals surface area contributed by atoms with Gasteiger partial charge in [-0.15, -0.1) is 0 Å². The van der Waals surface area contributed by atoms with Crippen molar-refractivity contribution in [3.8, 4) is 23.0 Å². The molecule has 0 atom stereocenters. The van der Waals surface area contributed by atoms with Gasteiger partial charge < -0.3 is 24.3 Å². The largest absolute Gasteiger partial charge is 0.486 e. The quantitative estimate of drug-likeness (QED) is 0.451. The van der Waals surface area contributed by atoms with Crippen molar-refractivity contribution in [1.82, 2.24) is 19.2 Å². The topological polar surface area (TPSA) is 90.6 Å². The second-order valence-corrected chi connectivity index (χ2v) is 9.13. The first-order valence-corrected chi connectivity index (χ1v) is 12.4. The van der Waals surface area contributed by atoms with E-state index in [4.69, 9.17) is 9.47 Å². The number of anilines is 1. The second-order valence-electron chi connectivity index (χ2n) is 9.13. The first-order chi connectivity index (χ1) is 18.2. The van der Waals surface area contributed by atoms with E-state index in [1.165, 1.54) is 0 Å². The molecule has 0 saturated carbocycles. The Morgan fingerprint density at radius 1 is 0.892 bits per heavy atom. The second kappa shape index (κ2) is 9.85. The number of amides is 2. The summed E-state index contributed by atoms with van der Waals surface area (Å²) >= 11 is 0. The molecule has 2 aliphatic rings. The van der Waals surface area contributed by atoms with Crippen molar-refractivity contribution < 1.29 is 19.1 Å². The van der Waals surface area contributed by atoms with Crippen molar-refractivity contribution in [3.63, 3.8) is 0 Å². The SMILES string of the molecule is O=C(Nc1ccc2c(c1)OCCO2)C1CCN(C(=O)c2cnn(-c3ccccc3)c2-n2cccc2)CC1. The molecule has 4 aromatic rings. The monoisotopic (exact) mass is 497 g/mol. The van der Waals surface area contributed by atoms with E-state index in [1.807, 2.05) is 76.5 Å². The lowest BCUT2D eigenvalue weighted by Gasteiger charge is -2.31. The highest BCUT2D eigenvalue weighted by atomic mass is 16.6. The molecule has 1 N–H and O–H groups in total. The summed E-state index contributed by atoms with van der Waals surface area (Å²) in [4.78, 5) is 28.4. The zero-order valence-corrected chi connectivity index (χ0v) is 20.2. The van der Waals surface area contributed by atoms with Crippen molar-refractivity contribution in [2.24, 2.45) is 5.92 Å². The Hall–Kier alpha value is -4.53. The van der Waals surface area contributed by atoms with Crippen molar-refractivity contribution in [1.29, 1.82) is 0 Å².